The number of benzene rings is 1. The topological polar surface area (TPSA) is 105 Å². The van der Waals surface area contributed by atoms with Gasteiger partial charge in [0.25, 0.3) is 5.91 Å². The number of carbonyl (C=O) groups excluding carboxylic acids is 1. The number of fused-ring (bicyclic) bond motifs is 2. The van der Waals surface area contributed by atoms with Gasteiger partial charge in [0.15, 0.2) is 9.84 Å². The van der Waals surface area contributed by atoms with Crippen LogP contribution in [0.15, 0.2) is 59.9 Å². The van der Waals surface area contributed by atoms with Crippen molar-refractivity contribution in [2.45, 2.75) is 30.7 Å². The molecule has 1 aliphatic carbocycles. The van der Waals surface area contributed by atoms with Gasteiger partial charge >= 0.3 is 0 Å². The summed E-state index contributed by atoms with van der Waals surface area (Å²) in [4.78, 5) is 21.5. The Hall–Kier alpha value is -3.79. The molecule has 2 aliphatic rings. The molecule has 1 aromatic carbocycles. The van der Waals surface area contributed by atoms with Crippen LogP contribution in [-0.2, 0) is 16.4 Å². The summed E-state index contributed by atoms with van der Waals surface area (Å²) in [5, 5.41) is 6.02. The highest BCUT2D eigenvalue weighted by atomic mass is 32.2. The fraction of sp³-hybridized carbons (Fsp3) is 0.240. The fourth-order valence-corrected chi connectivity index (χ4v) is 6.32. The summed E-state index contributed by atoms with van der Waals surface area (Å²) in [5.74, 6) is 0.249. The van der Waals surface area contributed by atoms with Gasteiger partial charge in [-0.1, -0.05) is 12.5 Å². The second-order valence-electron chi connectivity index (χ2n) is 9.00. The lowest BCUT2D eigenvalue weighted by molar-refractivity contribution is 0.0966. The molecule has 2 N–H and O–H groups in total. The van der Waals surface area contributed by atoms with Crippen molar-refractivity contribution >= 4 is 32.9 Å². The lowest BCUT2D eigenvalue weighted by atomic mass is 9.87. The van der Waals surface area contributed by atoms with Crippen LogP contribution < -0.4 is 10.6 Å². The van der Waals surface area contributed by atoms with Gasteiger partial charge in [0.2, 0.25) is 0 Å². The van der Waals surface area contributed by atoms with Crippen molar-refractivity contribution in [3.8, 4) is 11.3 Å². The van der Waals surface area contributed by atoms with E-state index in [0.717, 1.165) is 36.1 Å². The van der Waals surface area contributed by atoms with Crippen molar-refractivity contribution in [2.24, 2.45) is 5.92 Å². The number of aromatic nitrogens is 3. The van der Waals surface area contributed by atoms with E-state index < -0.39 is 9.84 Å². The number of nitrogens with zero attached hydrogens (tertiary/aromatic N) is 3. The van der Waals surface area contributed by atoms with E-state index in [0.29, 0.717) is 29.3 Å². The standard InChI is InChI=1S/C25H22FN5O3S/c26-16-8-9-31-21(13-28-23(31)10-16)18-5-6-20(24-19(18)12-29-25(24)32)30-22-7-4-17(11-27-22)35(33,34)14-15-2-1-3-15/h4-11,13,15H,1-3,12,14H2,(H,27,30)(H,29,32). The number of anilines is 2. The van der Waals surface area contributed by atoms with Crippen molar-refractivity contribution in [2.75, 3.05) is 11.1 Å². The number of pyridine rings is 2. The molecule has 4 heterocycles. The molecule has 0 radical (unpaired) electrons. The van der Waals surface area contributed by atoms with Gasteiger partial charge in [-0.2, -0.15) is 0 Å². The number of halogens is 1. The molecular formula is C25H22FN5O3S. The molecule has 10 heteroatoms. The maximum Gasteiger partial charge on any atom is 0.254 e. The molecule has 1 aliphatic heterocycles. The van der Waals surface area contributed by atoms with Gasteiger partial charge in [-0.3, -0.25) is 9.20 Å². The zero-order valence-electron chi connectivity index (χ0n) is 18.7. The summed E-state index contributed by atoms with van der Waals surface area (Å²) in [6, 6.07) is 9.54. The average molecular weight is 492 g/mol. The first kappa shape index (κ1) is 21.7. The predicted octanol–water partition coefficient (Wildman–Crippen LogP) is 4.10. The lowest BCUT2D eigenvalue weighted by Gasteiger charge is -2.24. The molecule has 0 saturated heterocycles. The number of hydrogen-bond donors (Lipinski definition) is 2. The molecule has 0 unspecified atom stereocenters. The van der Waals surface area contributed by atoms with Gasteiger partial charge in [0.05, 0.1) is 33.8 Å². The first-order valence-corrected chi connectivity index (χ1v) is 13.1. The molecule has 0 bridgehead atoms. The maximum absolute atomic E-state index is 13.6. The fourth-order valence-electron chi connectivity index (χ4n) is 4.69. The molecule has 0 spiro atoms. The first-order valence-electron chi connectivity index (χ1n) is 11.4. The van der Waals surface area contributed by atoms with Crippen molar-refractivity contribution in [3.63, 3.8) is 0 Å². The number of rotatable bonds is 6. The highest BCUT2D eigenvalue weighted by Gasteiger charge is 2.28. The van der Waals surface area contributed by atoms with Crippen LogP contribution >= 0.6 is 0 Å². The first-order chi connectivity index (χ1) is 16.9. The van der Waals surface area contributed by atoms with Crippen LogP contribution in [0, 0.1) is 11.7 Å². The second kappa shape index (κ2) is 8.16. The predicted molar refractivity (Wildman–Crippen MR) is 129 cm³/mol. The third-order valence-corrected chi connectivity index (χ3v) is 8.62. The summed E-state index contributed by atoms with van der Waals surface area (Å²) in [7, 11) is -3.37. The summed E-state index contributed by atoms with van der Waals surface area (Å²) in [6.07, 6.45) is 7.64. The van der Waals surface area contributed by atoms with E-state index in [2.05, 4.69) is 20.6 Å². The van der Waals surface area contributed by atoms with Crippen LogP contribution in [0.3, 0.4) is 0 Å². The van der Waals surface area contributed by atoms with Crippen molar-refractivity contribution in [3.05, 3.63) is 71.9 Å². The van der Waals surface area contributed by atoms with E-state index >= 15 is 0 Å². The Balaban J connectivity index is 1.31. The van der Waals surface area contributed by atoms with E-state index in [1.807, 2.05) is 6.07 Å². The van der Waals surface area contributed by atoms with Crippen LogP contribution in [0.25, 0.3) is 16.9 Å². The Morgan fingerprint density at radius 1 is 1.11 bits per heavy atom. The van der Waals surface area contributed by atoms with Crippen molar-refractivity contribution < 1.29 is 17.6 Å². The Kier molecular flexibility index (Phi) is 5.06. The van der Waals surface area contributed by atoms with E-state index in [4.69, 9.17) is 0 Å². The number of sulfone groups is 1. The zero-order valence-corrected chi connectivity index (χ0v) is 19.5. The molecule has 1 amide bonds. The SMILES string of the molecule is O=C1NCc2c(-c3cnc4cc(F)ccn34)ccc(Nc3ccc(S(=O)(=O)CC4CCC4)cn3)c21. The summed E-state index contributed by atoms with van der Waals surface area (Å²) in [5.41, 5.74) is 3.89. The van der Waals surface area contributed by atoms with Gasteiger partial charge in [0, 0.05) is 30.6 Å². The molecule has 4 aromatic rings. The minimum Gasteiger partial charge on any atom is -0.348 e. The Morgan fingerprint density at radius 3 is 2.71 bits per heavy atom. The molecule has 0 atom stereocenters. The van der Waals surface area contributed by atoms with Gasteiger partial charge in [-0.05, 0) is 48.6 Å². The molecule has 3 aromatic heterocycles. The van der Waals surface area contributed by atoms with Crippen molar-refractivity contribution in [1.29, 1.82) is 0 Å². The van der Waals surface area contributed by atoms with Gasteiger partial charge in [0.1, 0.15) is 17.3 Å². The Morgan fingerprint density at radius 2 is 1.97 bits per heavy atom. The second-order valence-corrected chi connectivity index (χ2v) is 11.0. The number of nitrogens with one attached hydrogen (secondary N) is 2. The Bertz CT molecular complexity index is 1580. The van der Waals surface area contributed by atoms with Gasteiger partial charge in [-0.25, -0.2) is 22.8 Å². The number of hydrogen-bond acceptors (Lipinski definition) is 6. The van der Waals surface area contributed by atoms with E-state index in [9.17, 15) is 17.6 Å². The molecule has 178 valence electrons. The van der Waals surface area contributed by atoms with Gasteiger partial charge < -0.3 is 10.6 Å². The summed E-state index contributed by atoms with van der Waals surface area (Å²) in [6.45, 7) is 0.346. The average Bonchev–Trinajstić information content (AvgIpc) is 3.41. The van der Waals surface area contributed by atoms with Crippen LogP contribution in [0.5, 0.6) is 0 Å². The van der Waals surface area contributed by atoms with Crippen LogP contribution in [0.4, 0.5) is 15.9 Å². The summed E-state index contributed by atoms with van der Waals surface area (Å²) < 4.78 is 40.6. The number of imidazole rings is 1. The Labute approximate surface area is 201 Å². The minimum absolute atomic E-state index is 0.159. The number of amides is 1. The molecule has 1 saturated carbocycles. The largest absolute Gasteiger partial charge is 0.348 e. The maximum atomic E-state index is 13.6. The highest BCUT2D eigenvalue weighted by Crippen LogP contribution is 2.35. The zero-order chi connectivity index (χ0) is 24.2. The lowest BCUT2D eigenvalue weighted by Crippen LogP contribution is -2.22. The minimum atomic E-state index is -3.37. The van der Waals surface area contributed by atoms with E-state index in [1.54, 1.807) is 35.0 Å². The highest BCUT2D eigenvalue weighted by molar-refractivity contribution is 7.91. The molecule has 6 rings (SSSR count). The van der Waals surface area contributed by atoms with Crippen LogP contribution in [0.1, 0.15) is 35.2 Å². The summed E-state index contributed by atoms with van der Waals surface area (Å²) >= 11 is 0. The third-order valence-electron chi connectivity index (χ3n) is 6.75. The molecule has 8 nitrogen and oxygen atoms in total. The van der Waals surface area contributed by atoms with Crippen LogP contribution in [-0.4, -0.2) is 34.4 Å². The monoisotopic (exact) mass is 491 g/mol. The van der Waals surface area contributed by atoms with E-state index in [1.165, 1.54) is 18.3 Å². The van der Waals surface area contributed by atoms with Crippen molar-refractivity contribution in [1.82, 2.24) is 19.7 Å². The third kappa shape index (κ3) is 3.83. The number of carbonyl (C=O) groups is 1. The molecular weight excluding hydrogens is 469 g/mol. The normalized spacial score (nSPS) is 15.6. The molecule has 1 fully saturated rings. The van der Waals surface area contributed by atoms with E-state index in [-0.39, 0.29) is 28.3 Å². The molecule has 35 heavy (non-hydrogen) atoms. The van der Waals surface area contributed by atoms with Crippen LogP contribution in [0.2, 0.25) is 0 Å². The smallest absolute Gasteiger partial charge is 0.254 e. The quantitative estimate of drug-likeness (QED) is 0.421. The van der Waals surface area contributed by atoms with Gasteiger partial charge in [-0.15, -0.1) is 0 Å².